The van der Waals surface area contributed by atoms with Crippen molar-refractivity contribution >= 4 is 11.8 Å². The Morgan fingerprint density at radius 1 is 0.966 bits per heavy atom. The number of hydrogen-bond acceptors (Lipinski definition) is 2. The molecule has 0 spiro atoms. The van der Waals surface area contributed by atoms with Crippen LogP contribution in [-0.2, 0) is 6.54 Å². The molecule has 2 aromatic rings. The average molecular weight is 422 g/mol. The monoisotopic (exact) mass is 422 g/mol. The van der Waals surface area contributed by atoms with Crippen molar-refractivity contribution in [2.75, 3.05) is 13.6 Å². The maximum Gasteiger partial charge on any atom is 0.405 e. The fourth-order valence-electron chi connectivity index (χ4n) is 2.32. The maximum atomic E-state index is 13.7. The molecule has 29 heavy (non-hydrogen) atoms. The topological polar surface area (TPSA) is 49.4 Å². The van der Waals surface area contributed by atoms with E-state index in [4.69, 9.17) is 0 Å². The highest BCUT2D eigenvalue weighted by molar-refractivity contribution is 5.95. The summed E-state index contributed by atoms with van der Waals surface area (Å²) in [5.41, 5.74) is -0.690. The van der Waals surface area contributed by atoms with Gasteiger partial charge in [-0.25, -0.2) is 17.6 Å². The molecule has 0 atom stereocenters. The third kappa shape index (κ3) is 5.46. The molecule has 0 aliphatic rings. The summed E-state index contributed by atoms with van der Waals surface area (Å²) in [6, 6.07) is 5.30. The zero-order chi connectivity index (χ0) is 21.9. The van der Waals surface area contributed by atoms with E-state index in [1.54, 1.807) is 5.32 Å². The molecule has 156 valence electrons. The summed E-state index contributed by atoms with van der Waals surface area (Å²) in [5, 5.41) is 1.69. The zero-order valence-corrected chi connectivity index (χ0v) is 14.7. The Balaban J connectivity index is 2.09. The largest absolute Gasteiger partial charge is 0.405 e. The van der Waals surface area contributed by atoms with Crippen LogP contribution in [0.25, 0.3) is 0 Å². The van der Waals surface area contributed by atoms with Crippen molar-refractivity contribution in [3.8, 4) is 0 Å². The lowest BCUT2D eigenvalue weighted by atomic mass is 10.1. The van der Waals surface area contributed by atoms with Crippen molar-refractivity contribution in [3.05, 3.63) is 70.3 Å². The fourth-order valence-corrected chi connectivity index (χ4v) is 2.32. The first-order valence-electron chi connectivity index (χ1n) is 7.93. The van der Waals surface area contributed by atoms with Crippen LogP contribution in [-0.4, -0.2) is 36.5 Å². The van der Waals surface area contributed by atoms with Gasteiger partial charge in [-0.2, -0.15) is 13.2 Å². The number of rotatable bonds is 5. The van der Waals surface area contributed by atoms with Crippen LogP contribution in [0.15, 0.2) is 30.3 Å². The highest BCUT2D eigenvalue weighted by Crippen LogP contribution is 2.20. The Hall–Kier alpha value is -3.11. The first-order valence-corrected chi connectivity index (χ1v) is 7.93. The molecular weight excluding hydrogens is 409 g/mol. The second-order valence-corrected chi connectivity index (χ2v) is 6.00. The van der Waals surface area contributed by atoms with E-state index in [0.29, 0.717) is 5.56 Å². The minimum atomic E-state index is -4.56. The molecule has 2 aromatic carbocycles. The van der Waals surface area contributed by atoms with E-state index in [2.05, 4.69) is 0 Å². The van der Waals surface area contributed by atoms with Gasteiger partial charge < -0.3 is 10.2 Å². The second kappa shape index (κ2) is 8.50. The summed E-state index contributed by atoms with van der Waals surface area (Å²) in [5.74, 6) is -9.81. The van der Waals surface area contributed by atoms with Crippen LogP contribution < -0.4 is 5.32 Å². The van der Waals surface area contributed by atoms with Crippen LogP contribution in [0.2, 0.25) is 0 Å². The van der Waals surface area contributed by atoms with E-state index in [-0.39, 0.29) is 18.2 Å². The molecule has 0 aromatic heterocycles. The minimum Gasteiger partial charge on any atom is -0.343 e. The van der Waals surface area contributed by atoms with E-state index >= 15 is 0 Å². The molecule has 0 bridgehead atoms. The van der Waals surface area contributed by atoms with Crippen molar-refractivity contribution in [1.82, 2.24) is 10.2 Å². The molecule has 0 aliphatic heterocycles. The summed E-state index contributed by atoms with van der Waals surface area (Å²) in [7, 11) is 1.19. The number of amides is 2. The van der Waals surface area contributed by atoms with Gasteiger partial charge in [0.1, 0.15) is 6.54 Å². The van der Waals surface area contributed by atoms with E-state index in [9.17, 15) is 40.3 Å². The van der Waals surface area contributed by atoms with Gasteiger partial charge in [-0.1, -0.05) is 12.1 Å². The number of alkyl halides is 3. The van der Waals surface area contributed by atoms with E-state index < -0.39 is 53.4 Å². The molecule has 0 aliphatic carbocycles. The van der Waals surface area contributed by atoms with E-state index in [0.717, 1.165) is 4.90 Å². The summed E-state index contributed by atoms with van der Waals surface area (Å²) >= 11 is 0. The third-order valence-electron chi connectivity index (χ3n) is 3.76. The Morgan fingerprint density at radius 2 is 1.55 bits per heavy atom. The number of carbonyl (C=O) groups excluding carboxylic acids is 2. The predicted octanol–water partition coefficient (Wildman–Crippen LogP) is 3.81. The van der Waals surface area contributed by atoms with Gasteiger partial charge in [0.2, 0.25) is 0 Å². The Morgan fingerprint density at radius 3 is 2.10 bits per heavy atom. The molecule has 0 fully saturated rings. The van der Waals surface area contributed by atoms with Crippen molar-refractivity contribution < 1.29 is 40.3 Å². The standard InChI is InChI=1S/C18H13F7N2O2/c1-27(17(29)11-6-12(19)14(21)15(22)13(11)20)7-9-2-4-10(5-3-9)16(28)26-8-18(23,24)25/h2-6H,7-8H2,1H3,(H,26,28). The van der Waals surface area contributed by atoms with Gasteiger partial charge in [0.15, 0.2) is 23.3 Å². The van der Waals surface area contributed by atoms with Gasteiger partial charge in [0.25, 0.3) is 11.8 Å². The molecule has 2 rings (SSSR count). The van der Waals surface area contributed by atoms with Gasteiger partial charge in [-0.05, 0) is 23.8 Å². The lowest BCUT2D eigenvalue weighted by Gasteiger charge is -2.18. The highest BCUT2D eigenvalue weighted by Gasteiger charge is 2.28. The first-order chi connectivity index (χ1) is 13.4. The van der Waals surface area contributed by atoms with Crippen LogP contribution in [0.4, 0.5) is 30.7 Å². The van der Waals surface area contributed by atoms with Crippen LogP contribution >= 0.6 is 0 Å². The zero-order valence-electron chi connectivity index (χ0n) is 14.7. The van der Waals surface area contributed by atoms with Gasteiger partial charge in [-0.15, -0.1) is 0 Å². The maximum absolute atomic E-state index is 13.7. The SMILES string of the molecule is CN(Cc1ccc(C(=O)NCC(F)(F)F)cc1)C(=O)c1cc(F)c(F)c(F)c1F. The van der Waals surface area contributed by atoms with Crippen LogP contribution in [0.3, 0.4) is 0 Å². The highest BCUT2D eigenvalue weighted by atomic mass is 19.4. The van der Waals surface area contributed by atoms with Crippen molar-refractivity contribution in [3.63, 3.8) is 0 Å². The number of halogens is 7. The van der Waals surface area contributed by atoms with Gasteiger partial charge >= 0.3 is 6.18 Å². The van der Waals surface area contributed by atoms with Crippen molar-refractivity contribution in [2.45, 2.75) is 12.7 Å². The molecule has 11 heteroatoms. The average Bonchev–Trinajstić information content (AvgIpc) is 2.66. The molecule has 0 heterocycles. The first kappa shape index (κ1) is 22.2. The van der Waals surface area contributed by atoms with Crippen molar-refractivity contribution in [2.24, 2.45) is 0 Å². The Kier molecular flexibility index (Phi) is 6.50. The smallest absolute Gasteiger partial charge is 0.343 e. The van der Waals surface area contributed by atoms with Gasteiger partial charge in [0.05, 0.1) is 5.56 Å². The molecule has 0 radical (unpaired) electrons. The molecule has 0 saturated carbocycles. The molecule has 1 N–H and O–H groups in total. The van der Waals surface area contributed by atoms with Crippen molar-refractivity contribution in [1.29, 1.82) is 0 Å². The lowest BCUT2D eigenvalue weighted by molar-refractivity contribution is -0.123. The quantitative estimate of drug-likeness (QED) is 0.453. The van der Waals surface area contributed by atoms with Gasteiger partial charge in [0, 0.05) is 19.2 Å². The molecule has 0 saturated heterocycles. The number of hydrogen-bond donors (Lipinski definition) is 1. The molecule has 0 unspecified atom stereocenters. The van der Waals surface area contributed by atoms with E-state index in [1.165, 1.54) is 31.3 Å². The Bertz CT molecular complexity index is 927. The third-order valence-corrected chi connectivity index (χ3v) is 3.76. The van der Waals surface area contributed by atoms with Crippen LogP contribution in [0.5, 0.6) is 0 Å². The van der Waals surface area contributed by atoms with Crippen LogP contribution in [0.1, 0.15) is 26.3 Å². The summed E-state index contributed by atoms with van der Waals surface area (Å²) in [6.07, 6.45) is -4.56. The van der Waals surface area contributed by atoms with Crippen LogP contribution in [0, 0.1) is 23.3 Å². The van der Waals surface area contributed by atoms with E-state index in [1.807, 2.05) is 0 Å². The molecule has 2 amide bonds. The lowest BCUT2D eigenvalue weighted by Crippen LogP contribution is -2.33. The second-order valence-electron chi connectivity index (χ2n) is 6.00. The normalized spacial score (nSPS) is 11.3. The minimum absolute atomic E-state index is 0.0688. The molecule has 4 nitrogen and oxygen atoms in total. The Labute approximate surface area is 159 Å². The summed E-state index contributed by atoms with van der Waals surface area (Å²) in [6.45, 7) is -1.69. The predicted molar refractivity (Wildman–Crippen MR) is 86.9 cm³/mol. The van der Waals surface area contributed by atoms with Gasteiger partial charge in [-0.3, -0.25) is 9.59 Å². The summed E-state index contributed by atoms with van der Waals surface area (Å²) < 4.78 is 89.6. The number of nitrogens with one attached hydrogen (secondary N) is 1. The number of carbonyl (C=O) groups is 2. The number of benzene rings is 2. The number of nitrogens with zero attached hydrogens (tertiary/aromatic N) is 1. The molecular formula is C18H13F7N2O2. The summed E-state index contributed by atoms with van der Waals surface area (Å²) in [4.78, 5) is 24.7. The fraction of sp³-hybridized carbons (Fsp3) is 0.222.